The fourth-order valence-corrected chi connectivity index (χ4v) is 2.79. The van der Waals surface area contributed by atoms with Gasteiger partial charge in [-0.3, -0.25) is 9.78 Å². The number of benzene rings is 1. The zero-order chi connectivity index (χ0) is 19.8. The lowest BCUT2D eigenvalue weighted by Gasteiger charge is -2.17. The fraction of sp³-hybridized carbons (Fsp3) is 0.238. The number of amides is 1. The van der Waals surface area contributed by atoms with Crippen LogP contribution in [-0.4, -0.2) is 41.0 Å². The van der Waals surface area contributed by atoms with Crippen LogP contribution in [0.15, 0.2) is 61.1 Å². The summed E-state index contributed by atoms with van der Waals surface area (Å²) in [5.41, 5.74) is 2.67. The van der Waals surface area contributed by atoms with Crippen molar-refractivity contribution >= 4 is 23.5 Å². The molecule has 0 radical (unpaired) electrons. The third-order valence-corrected chi connectivity index (χ3v) is 4.57. The van der Waals surface area contributed by atoms with Gasteiger partial charge < -0.3 is 10.2 Å². The maximum absolute atomic E-state index is 12.4. The molecule has 144 valence electrons. The van der Waals surface area contributed by atoms with E-state index >= 15 is 0 Å². The van der Waals surface area contributed by atoms with E-state index in [1.165, 1.54) is 5.56 Å². The number of halogens is 1. The van der Waals surface area contributed by atoms with Crippen molar-refractivity contribution in [2.45, 2.75) is 12.8 Å². The molecule has 7 heteroatoms. The third kappa shape index (κ3) is 5.76. The summed E-state index contributed by atoms with van der Waals surface area (Å²) in [4.78, 5) is 27.0. The van der Waals surface area contributed by atoms with Crippen molar-refractivity contribution in [3.8, 4) is 0 Å². The van der Waals surface area contributed by atoms with Crippen LogP contribution in [0.1, 0.15) is 21.6 Å². The lowest BCUT2D eigenvalue weighted by Crippen LogP contribution is -2.28. The number of carbonyl (C=O) groups excluding carboxylic acids is 1. The summed E-state index contributed by atoms with van der Waals surface area (Å²) >= 11 is 5.88. The van der Waals surface area contributed by atoms with Crippen molar-refractivity contribution < 1.29 is 4.79 Å². The zero-order valence-electron chi connectivity index (χ0n) is 15.7. The zero-order valence-corrected chi connectivity index (χ0v) is 16.4. The molecule has 1 N–H and O–H groups in total. The lowest BCUT2D eigenvalue weighted by molar-refractivity contribution is 0.0949. The molecular formula is C21H22ClN5O. The molecule has 1 amide bonds. The predicted octanol–water partition coefficient (Wildman–Crippen LogP) is 3.18. The van der Waals surface area contributed by atoms with E-state index in [9.17, 15) is 4.79 Å². The second kappa shape index (κ2) is 9.80. The van der Waals surface area contributed by atoms with Crippen molar-refractivity contribution in [3.63, 3.8) is 0 Å². The van der Waals surface area contributed by atoms with E-state index in [0.29, 0.717) is 23.2 Å². The Morgan fingerprint density at radius 3 is 2.46 bits per heavy atom. The van der Waals surface area contributed by atoms with Crippen LogP contribution in [0.3, 0.4) is 0 Å². The smallest absolute Gasteiger partial charge is 0.270 e. The molecule has 0 saturated carbocycles. The minimum Gasteiger partial charge on any atom is -0.350 e. The number of pyridine rings is 1. The van der Waals surface area contributed by atoms with Gasteiger partial charge in [0.2, 0.25) is 5.95 Å². The summed E-state index contributed by atoms with van der Waals surface area (Å²) in [5.74, 6) is 0.319. The van der Waals surface area contributed by atoms with Crippen LogP contribution in [0.5, 0.6) is 0 Å². The Bertz CT molecular complexity index is 902. The topological polar surface area (TPSA) is 71.0 Å². The van der Waals surface area contributed by atoms with E-state index in [4.69, 9.17) is 11.6 Å². The largest absolute Gasteiger partial charge is 0.350 e. The molecule has 0 atom stereocenters. The molecule has 2 heterocycles. The lowest BCUT2D eigenvalue weighted by atomic mass is 10.1. The van der Waals surface area contributed by atoms with Crippen LogP contribution in [0, 0.1) is 0 Å². The quantitative estimate of drug-likeness (QED) is 0.634. The Hall–Kier alpha value is -2.99. The second-order valence-corrected chi connectivity index (χ2v) is 6.84. The van der Waals surface area contributed by atoms with Gasteiger partial charge in [0.25, 0.3) is 5.91 Å². The van der Waals surface area contributed by atoms with Gasteiger partial charge in [0.1, 0.15) is 5.69 Å². The number of aromatic nitrogens is 3. The van der Waals surface area contributed by atoms with Crippen molar-refractivity contribution in [1.29, 1.82) is 0 Å². The predicted molar refractivity (Wildman–Crippen MR) is 111 cm³/mol. The third-order valence-electron chi connectivity index (χ3n) is 4.31. The van der Waals surface area contributed by atoms with Crippen LogP contribution in [0.2, 0.25) is 5.02 Å². The first-order valence-corrected chi connectivity index (χ1v) is 9.45. The van der Waals surface area contributed by atoms with Gasteiger partial charge in [-0.25, -0.2) is 9.97 Å². The minimum absolute atomic E-state index is 0.208. The van der Waals surface area contributed by atoms with Crippen molar-refractivity contribution in [2.24, 2.45) is 0 Å². The Morgan fingerprint density at radius 2 is 1.71 bits per heavy atom. The summed E-state index contributed by atoms with van der Waals surface area (Å²) in [6.07, 6.45) is 6.74. The van der Waals surface area contributed by atoms with Gasteiger partial charge in [0.15, 0.2) is 0 Å². The van der Waals surface area contributed by atoms with Crippen LogP contribution < -0.4 is 10.2 Å². The highest BCUT2D eigenvalue weighted by Crippen LogP contribution is 2.10. The van der Waals surface area contributed by atoms with E-state index in [0.717, 1.165) is 24.9 Å². The molecule has 1 aromatic carbocycles. The number of likely N-dealkylation sites (N-methyl/N-ethyl adjacent to an activating group) is 1. The highest BCUT2D eigenvalue weighted by Gasteiger charge is 2.11. The molecule has 3 aromatic rings. The van der Waals surface area contributed by atoms with Crippen LogP contribution >= 0.6 is 11.6 Å². The average molecular weight is 396 g/mol. The van der Waals surface area contributed by atoms with Crippen LogP contribution in [0.4, 0.5) is 5.95 Å². The van der Waals surface area contributed by atoms with Crippen molar-refractivity contribution in [3.05, 3.63) is 82.9 Å². The molecule has 28 heavy (non-hydrogen) atoms. The Kier molecular flexibility index (Phi) is 6.92. The van der Waals surface area contributed by atoms with E-state index < -0.39 is 0 Å². The summed E-state index contributed by atoms with van der Waals surface area (Å²) < 4.78 is 0. The van der Waals surface area contributed by atoms with E-state index in [-0.39, 0.29) is 5.91 Å². The summed E-state index contributed by atoms with van der Waals surface area (Å²) in [6.45, 7) is 1.27. The standard InChI is InChI=1S/C21H22ClN5O/c1-27(15-10-17-6-11-23-12-7-17)21-25-14-9-19(26-21)20(28)24-13-8-16-2-4-18(22)5-3-16/h2-7,9,11-12,14H,8,10,13,15H2,1H3,(H,24,28). The van der Waals surface area contributed by atoms with Gasteiger partial charge in [0, 0.05) is 43.8 Å². The molecule has 0 bridgehead atoms. The van der Waals surface area contributed by atoms with Gasteiger partial charge in [0.05, 0.1) is 0 Å². The van der Waals surface area contributed by atoms with Gasteiger partial charge in [-0.05, 0) is 54.3 Å². The summed E-state index contributed by atoms with van der Waals surface area (Å²) in [6, 6.07) is 13.2. The van der Waals surface area contributed by atoms with Crippen LogP contribution in [0.25, 0.3) is 0 Å². The molecule has 0 fully saturated rings. The van der Waals surface area contributed by atoms with Gasteiger partial charge in [-0.2, -0.15) is 0 Å². The Labute approximate surface area is 169 Å². The Morgan fingerprint density at radius 1 is 1.00 bits per heavy atom. The van der Waals surface area contributed by atoms with Crippen molar-refractivity contribution in [2.75, 3.05) is 25.0 Å². The monoisotopic (exact) mass is 395 g/mol. The normalized spacial score (nSPS) is 10.5. The summed E-state index contributed by atoms with van der Waals surface area (Å²) in [5, 5.41) is 3.60. The molecular weight excluding hydrogens is 374 g/mol. The van der Waals surface area contributed by atoms with Gasteiger partial charge in [-0.15, -0.1) is 0 Å². The molecule has 0 saturated heterocycles. The minimum atomic E-state index is -0.208. The fourth-order valence-electron chi connectivity index (χ4n) is 2.67. The maximum Gasteiger partial charge on any atom is 0.270 e. The van der Waals surface area contributed by atoms with Crippen LogP contribution in [-0.2, 0) is 12.8 Å². The van der Waals surface area contributed by atoms with E-state index in [1.54, 1.807) is 24.7 Å². The van der Waals surface area contributed by atoms with E-state index in [1.807, 2.05) is 48.3 Å². The number of hydrogen-bond acceptors (Lipinski definition) is 5. The number of hydrogen-bond donors (Lipinski definition) is 1. The summed E-state index contributed by atoms with van der Waals surface area (Å²) in [7, 11) is 1.92. The van der Waals surface area contributed by atoms with E-state index in [2.05, 4.69) is 20.3 Å². The first-order chi connectivity index (χ1) is 13.6. The molecule has 0 spiro atoms. The maximum atomic E-state index is 12.4. The first kappa shape index (κ1) is 19.8. The molecule has 0 unspecified atom stereocenters. The first-order valence-electron chi connectivity index (χ1n) is 9.07. The number of carbonyl (C=O) groups is 1. The van der Waals surface area contributed by atoms with Gasteiger partial charge >= 0.3 is 0 Å². The number of nitrogens with zero attached hydrogens (tertiary/aromatic N) is 4. The number of rotatable bonds is 8. The average Bonchev–Trinajstić information content (AvgIpc) is 2.74. The number of anilines is 1. The molecule has 3 rings (SSSR count). The SMILES string of the molecule is CN(CCc1ccncc1)c1nccc(C(=O)NCCc2ccc(Cl)cc2)n1. The second-order valence-electron chi connectivity index (χ2n) is 6.40. The molecule has 0 aliphatic rings. The number of nitrogens with one attached hydrogen (secondary N) is 1. The van der Waals surface area contributed by atoms with Gasteiger partial charge in [-0.1, -0.05) is 23.7 Å². The Balaban J connectivity index is 1.52. The van der Waals surface area contributed by atoms with Crippen molar-refractivity contribution in [1.82, 2.24) is 20.3 Å². The molecule has 2 aromatic heterocycles. The molecule has 0 aliphatic heterocycles. The highest BCUT2D eigenvalue weighted by atomic mass is 35.5. The molecule has 0 aliphatic carbocycles. The molecule has 6 nitrogen and oxygen atoms in total. The highest BCUT2D eigenvalue weighted by molar-refractivity contribution is 6.30.